The highest BCUT2D eigenvalue weighted by molar-refractivity contribution is 5.10. The Hall–Kier alpha value is -1.72. The van der Waals surface area contributed by atoms with Gasteiger partial charge in [-0.05, 0) is 18.1 Å². The van der Waals surface area contributed by atoms with E-state index in [1.54, 1.807) is 18.7 Å². The first-order valence-electron chi connectivity index (χ1n) is 5.56. The van der Waals surface area contributed by atoms with Crippen LogP contribution in [-0.2, 0) is 13.0 Å². The summed E-state index contributed by atoms with van der Waals surface area (Å²) in [5.74, 6) is 0. The third-order valence-electron chi connectivity index (χ3n) is 2.69. The van der Waals surface area contributed by atoms with Crippen LogP contribution in [0.15, 0.2) is 37.1 Å². The minimum Gasteiger partial charge on any atom is -0.394 e. The van der Waals surface area contributed by atoms with Crippen molar-refractivity contribution in [1.82, 2.24) is 14.5 Å². The van der Waals surface area contributed by atoms with Crippen LogP contribution >= 0.6 is 0 Å². The van der Waals surface area contributed by atoms with Gasteiger partial charge in [-0.1, -0.05) is 6.07 Å². The van der Waals surface area contributed by atoms with Gasteiger partial charge in [-0.15, -0.1) is 0 Å². The van der Waals surface area contributed by atoms with Gasteiger partial charge in [0.15, 0.2) is 0 Å². The molecule has 1 unspecified atom stereocenters. The fourth-order valence-corrected chi connectivity index (χ4v) is 1.72. The molecule has 0 aliphatic carbocycles. The molecule has 17 heavy (non-hydrogen) atoms. The predicted octanol–water partition coefficient (Wildman–Crippen LogP) is 0.513. The van der Waals surface area contributed by atoms with Crippen LogP contribution in [0.25, 0.3) is 0 Å². The van der Waals surface area contributed by atoms with Crippen LogP contribution in [0, 0.1) is 0 Å². The van der Waals surface area contributed by atoms with Gasteiger partial charge in [0, 0.05) is 25.1 Å². The summed E-state index contributed by atoms with van der Waals surface area (Å²) in [4.78, 5) is 8.13. The number of aryl methyl sites for hydroxylation is 2. The lowest BCUT2D eigenvalue weighted by Gasteiger charge is -2.12. The lowest BCUT2D eigenvalue weighted by molar-refractivity contribution is 0.263. The SMILES string of the molecule is NC(CO)c1cncn1CCc1cccnc1. The molecule has 0 fully saturated rings. The number of hydrogen-bond donors (Lipinski definition) is 2. The van der Waals surface area contributed by atoms with Crippen molar-refractivity contribution in [1.29, 1.82) is 0 Å². The number of pyridine rings is 1. The number of hydrogen-bond acceptors (Lipinski definition) is 4. The minimum absolute atomic E-state index is 0.0708. The van der Waals surface area contributed by atoms with E-state index >= 15 is 0 Å². The highest BCUT2D eigenvalue weighted by Crippen LogP contribution is 2.10. The fourth-order valence-electron chi connectivity index (χ4n) is 1.72. The van der Waals surface area contributed by atoms with Gasteiger partial charge in [0.25, 0.3) is 0 Å². The molecule has 5 heteroatoms. The first kappa shape index (κ1) is 11.8. The number of nitrogens with two attached hydrogens (primary N) is 1. The smallest absolute Gasteiger partial charge is 0.0948 e. The third kappa shape index (κ3) is 2.89. The summed E-state index contributed by atoms with van der Waals surface area (Å²) in [6, 6.07) is 3.59. The second kappa shape index (κ2) is 5.56. The van der Waals surface area contributed by atoms with Gasteiger partial charge in [-0.2, -0.15) is 0 Å². The molecular formula is C12H16N4O. The minimum atomic E-state index is -0.369. The Kier molecular flexibility index (Phi) is 3.85. The molecule has 0 aliphatic heterocycles. The number of imidazole rings is 1. The maximum atomic E-state index is 9.04. The summed E-state index contributed by atoms with van der Waals surface area (Å²) < 4.78 is 1.97. The van der Waals surface area contributed by atoms with Crippen LogP contribution in [0.2, 0.25) is 0 Å². The summed E-state index contributed by atoms with van der Waals surface area (Å²) in [5, 5.41) is 9.04. The highest BCUT2D eigenvalue weighted by atomic mass is 16.3. The molecule has 0 aliphatic rings. The zero-order chi connectivity index (χ0) is 12.1. The van der Waals surface area contributed by atoms with E-state index in [-0.39, 0.29) is 12.6 Å². The lowest BCUT2D eigenvalue weighted by atomic mass is 10.2. The quantitative estimate of drug-likeness (QED) is 0.787. The van der Waals surface area contributed by atoms with Crippen molar-refractivity contribution in [3.63, 3.8) is 0 Å². The van der Waals surface area contributed by atoms with Crippen molar-refractivity contribution in [2.45, 2.75) is 19.0 Å². The molecule has 0 aromatic carbocycles. The first-order valence-corrected chi connectivity index (χ1v) is 5.56. The second-order valence-electron chi connectivity index (χ2n) is 3.91. The Morgan fingerprint density at radius 2 is 2.24 bits per heavy atom. The number of aliphatic hydroxyl groups excluding tert-OH is 1. The molecule has 0 saturated heterocycles. The van der Waals surface area contributed by atoms with E-state index in [1.807, 2.05) is 22.9 Å². The molecule has 0 amide bonds. The lowest BCUT2D eigenvalue weighted by Crippen LogP contribution is -2.19. The normalized spacial score (nSPS) is 12.6. The Morgan fingerprint density at radius 1 is 1.35 bits per heavy atom. The van der Waals surface area contributed by atoms with Crippen molar-refractivity contribution in [2.75, 3.05) is 6.61 Å². The topological polar surface area (TPSA) is 77.0 Å². The van der Waals surface area contributed by atoms with Crippen molar-refractivity contribution < 1.29 is 5.11 Å². The molecule has 5 nitrogen and oxygen atoms in total. The zero-order valence-corrected chi connectivity index (χ0v) is 9.53. The number of aromatic nitrogens is 3. The highest BCUT2D eigenvalue weighted by Gasteiger charge is 2.09. The van der Waals surface area contributed by atoms with Gasteiger partial charge in [-0.25, -0.2) is 4.98 Å². The molecule has 0 saturated carbocycles. The van der Waals surface area contributed by atoms with Gasteiger partial charge >= 0.3 is 0 Å². The molecule has 2 rings (SSSR count). The van der Waals surface area contributed by atoms with Crippen LogP contribution in [-0.4, -0.2) is 26.2 Å². The van der Waals surface area contributed by atoms with Crippen LogP contribution in [0.5, 0.6) is 0 Å². The molecule has 2 heterocycles. The molecule has 3 N–H and O–H groups in total. The van der Waals surface area contributed by atoms with Gasteiger partial charge in [0.05, 0.1) is 24.7 Å². The fraction of sp³-hybridized carbons (Fsp3) is 0.333. The maximum absolute atomic E-state index is 9.04. The molecule has 1 atom stereocenters. The van der Waals surface area contributed by atoms with Crippen molar-refractivity contribution in [2.24, 2.45) is 5.73 Å². The molecule has 2 aromatic heterocycles. The predicted molar refractivity (Wildman–Crippen MR) is 64.2 cm³/mol. The summed E-state index contributed by atoms with van der Waals surface area (Å²) in [7, 11) is 0. The average Bonchev–Trinajstić information content (AvgIpc) is 2.85. The molecule has 0 radical (unpaired) electrons. The van der Waals surface area contributed by atoms with E-state index in [0.29, 0.717) is 0 Å². The van der Waals surface area contributed by atoms with Crippen molar-refractivity contribution in [3.8, 4) is 0 Å². The number of aliphatic hydroxyl groups is 1. The van der Waals surface area contributed by atoms with E-state index in [0.717, 1.165) is 18.7 Å². The molecule has 2 aromatic rings. The number of rotatable bonds is 5. The molecule has 90 valence electrons. The van der Waals surface area contributed by atoms with Gasteiger partial charge < -0.3 is 15.4 Å². The number of nitrogens with zero attached hydrogens (tertiary/aromatic N) is 3. The van der Waals surface area contributed by atoms with Crippen molar-refractivity contribution >= 4 is 0 Å². The summed E-state index contributed by atoms with van der Waals surface area (Å²) in [6.45, 7) is 0.716. The maximum Gasteiger partial charge on any atom is 0.0948 e. The van der Waals surface area contributed by atoms with Crippen molar-refractivity contribution in [3.05, 3.63) is 48.3 Å². The Balaban J connectivity index is 2.02. The Labute approximate surface area is 99.9 Å². The largest absolute Gasteiger partial charge is 0.394 e. The summed E-state index contributed by atoms with van der Waals surface area (Å²) in [6.07, 6.45) is 7.91. The average molecular weight is 232 g/mol. The van der Waals surface area contributed by atoms with E-state index in [9.17, 15) is 0 Å². The standard InChI is InChI=1S/C12H16N4O/c13-11(8-17)12-7-15-9-16(12)5-3-10-2-1-4-14-6-10/h1-2,4,6-7,9,11,17H,3,5,8,13H2. The molecule has 0 spiro atoms. The Bertz CT molecular complexity index is 455. The molecule has 0 bridgehead atoms. The van der Waals surface area contributed by atoms with Crippen LogP contribution < -0.4 is 5.73 Å². The van der Waals surface area contributed by atoms with Crippen LogP contribution in [0.1, 0.15) is 17.3 Å². The summed E-state index contributed by atoms with van der Waals surface area (Å²) >= 11 is 0. The van der Waals surface area contributed by atoms with Gasteiger partial charge in [0.2, 0.25) is 0 Å². The molecular weight excluding hydrogens is 216 g/mol. The van der Waals surface area contributed by atoms with Crippen LogP contribution in [0.3, 0.4) is 0 Å². The van der Waals surface area contributed by atoms with E-state index in [1.165, 1.54) is 5.56 Å². The Morgan fingerprint density at radius 3 is 2.94 bits per heavy atom. The third-order valence-corrected chi connectivity index (χ3v) is 2.69. The zero-order valence-electron chi connectivity index (χ0n) is 9.53. The first-order chi connectivity index (χ1) is 8.31. The van der Waals surface area contributed by atoms with E-state index < -0.39 is 0 Å². The van der Waals surface area contributed by atoms with Gasteiger partial charge in [0.1, 0.15) is 0 Å². The monoisotopic (exact) mass is 232 g/mol. The summed E-state index contributed by atoms with van der Waals surface area (Å²) in [5.41, 5.74) is 7.81. The van der Waals surface area contributed by atoms with Gasteiger partial charge in [-0.3, -0.25) is 4.98 Å². The second-order valence-corrected chi connectivity index (χ2v) is 3.91. The van der Waals surface area contributed by atoms with E-state index in [2.05, 4.69) is 9.97 Å². The van der Waals surface area contributed by atoms with E-state index in [4.69, 9.17) is 10.8 Å². The van der Waals surface area contributed by atoms with Crippen LogP contribution in [0.4, 0.5) is 0 Å².